The average Bonchev–Trinajstić information content (AvgIpc) is 3.05. The number of carbonyl (C=O) groups is 1. The summed E-state index contributed by atoms with van der Waals surface area (Å²) < 4.78 is 2.12. The molecule has 2 heterocycles. The lowest BCUT2D eigenvalue weighted by molar-refractivity contribution is 0.0954. The molecule has 96 valence electrons. The maximum atomic E-state index is 11.9. The van der Waals surface area contributed by atoms with Gasteiger partial charge >= 0.3 is 0 Å². The van der Waals surface area contributed by atoms with Crippen LogP contribution in [-0.4, -0.2) is 10.5 Å². The number of para-hydroxylation sites is 1. The number of aryl methyl sites for hydroxylation is 1. The van der Waals surface area contributed by atoms with Crippen LogP contribution in [0, 0.1) is 0 Å². The molecule has 3 nitrogen and oxygen atoms in total. The number of amides is 1. The van der Waals surface area contributed by atoms with Gasteiger partial charge in [0, 0.05) is 18.3 Å². The van der Waals surface area contributed by atoms with Gasteiger partial charge in [0.15, 0.2) is 0 Å². The molecule has 0 saturated carbocycles. The lowest BCUT2D eigenvalue weighted by Gasteiger charge is -2.05. The molecule has 0 unspecified atom stereocenters. The van der Waals surface area contributed by atoms with E-state index >= 15 is 0 Å². The maximum Gasteiger partial charge on any atom is 0.261 e. The molecular weight excluding hydrogens is 256 g/mol. The molecule has 4 heteroatoms. The summed E-state index contributed by atoms with van der Waals surface area (Å²) >= 11 is 1.46. The van der Waals surface area contributed by atoms with Gasteiger partial charge in [-0.3, -0.25) is 4.79 Å². The van der Waals surface area contributed by atoms with E-state index in [4.69, 9.17) is 0 Å². The van der Waals surface area contributed by atoms with Crippen molar-refractivity contribution in [3.8, 4) is 0 Å². The molecule has 0 aliphatic carbocycles. The lowest BCUT2D eigenvalue weighted by Crippen LogP contribution is -2.22. The fourth-order valence-electron chi connectivity index (χ4n) is 2.18. The molecule has 0 fully saturated rings. The molecule has 0 saturated heterocycles. The van der Waals surface area contributed by atoms with Crippen molar-refractivity contribution in [1.82, 2.24) is 9.88 Å². The van der Waals surface area contributed by atoms with Crippen LogP contribution in [0.5, 0.6) is 0 Å². The van der Waals surface area contributed by atoms with Gasteiger partial charge in [0.25, 0.3) is 5.91 Å². The van der Waals surface area contributed by atoms with Crippen molar-refractivity contribution in [2.24, 2.45) is 7.05 Å². The molecule has 3 rings (SSSR count). The summed E-state index contributed by atoms with van der Waals surface area (Å²) in [6, 6.07) is 14.1. The van der Waals surface area contributed by atoms with Crippen molar-refractivity contribution in [3.63, 3.8) is 0 Å². The van der Waals surface area contributed by atoms with Gasteiger partial charge < -0.3 is 9.88 Å². The third-order valence-electron chi connectivity index (χ3n) is 3.23. The van der Waals surface area contributed by atoms with Gasteiger partial charge in [-0.1, -0.05) is 24.3 Å². The fraction of sp³-hybridized carbons (Fsp3) is 0.133. The second-order valence-electron chi connectivity index (χ2n) is 4.41. The lowest BCUT2D eigenvalue weighted by atomic mass is 10.2. The van der Waals surface area contributed by atoms with E-state index in [1.165, 1.54) is 22.2 Å². The second kappa shape index (κ2) is 4.90. The predicted molar refractivity (Wildman–Crippen MR) is 78.4 cm³/mol. The molecule has 0 atom stereocenters. The molecule has 0 bridgehead atoms. The molecule has 0 radical (unpaired) electrons. The van der Waals surface area contributed by atoms with Gasteiger partial charge in [-0.2, -0.15) is 0 Å². The zero-order chi connectivity index (χ0) is 13.2. The highest BCUT2D eigenvalue weighted by Crippen LogP contribution is 2.18. The molecule has 0 aliphatic rings. The van der Waals surface area contributed by atoms with E-state index < -0.39 is 0 Å². The standard InChI is InChI=1S/C15H14N2OS/c1-17-12(9-11-5-2-3-6-13(11)17)10-16-15(18)14-7-4-8-19-14/h2-9H,10H2,1H3,(H,16,18). The first kappa shape index (κ1) is 12.0. The largest absolute Gasteiger partial charge is 0.346 e. The van der Waals surface area contributed by atoms with Crippen LogP contribution >= 0.6 is 11.3 Å². The van der Waals surface area contributed by atoms with Crippen molar-refractivity contribution in [2.45, 2.75) is 6.54 Å². The number of hydrogen-bond acceptors (Lipinski definition) is 2. The Morgan fingerprint density at radius 3 is 2.84 bits per heavy atom. The Morgan fingerprint density at radius 1 is 1.26 bits per heavy atom. The number of nitrogens with zero attached hydrogens (tertiary/aromatic N) is 1. The molecule has 0 spiro atoms. The number of fused-ring (bicyclic) bond motifs is 1. The molecular formula is C15H14N2OS. The molecule has 1 amide bonds. The van der Waals surface area contributed by atoms with Crippen molar-refractivity contribution in [2.75, 3.05) is 0 Å². The van der Waals surface area contributed by atoms with Crippen molar-refractivity contribution >= 4 is 28.1 Å². The van der Waals surface area contributed by atoms with Crippen LogP contribution in [0.25, 0.3) is 10.9 Å². The summed E-state index contributed by atoms with van der Waals surface area (Å²) in [4.78, 5) is 12.6. The summed E-state index contributed by atoms with van der Waals surface area (Å²) in [6.07, 6.45) is 0. The Bertz CT molecular complexity index is 713. The van der Waals surface area contributed by atoms with Gasteiger partial charge in [0.2, 0.25) is 0 Å². The summed E-state index contributed by atoms with van der Waals surface area (Å²) in [7, 11) is 2.02. The molecule has 1 aromatic carbocycles. The number of thiophene rings is 1. The van der Waals surface area contributed by atoms with E-state index in [9.17, 15) is 4.79 Å². The van der Waals surface area contributed by atoms with E-state index in [0.29, 0.717) is 6.54 Å². The quantitative estimate of drug-likeness (QED) is 0.779. The van der Waals surface area contributed by atoms with Crippen molar-refractivity contribution in [3.05, 3.63) is 58.4 Å². The van der Waals surface area contributed by atoms with Gasteiger partial charge in [0.1, 0.15) is 0 Å². The minimum Gasteiger partial charge on any atom is -0.346 e. The van der Waals surface area contributed by atoms with Gasteiger partial charge in [-0.15, -0.1) is 11.3 Å². The number of benzene rings is 1. The fourth-order valence-corrected chi connectivity index (χ4v) is 2.82. The number of aromatic nitrogens is 1. The first-order chi connectivity index (χ1) is 9.25. The number of hydrogen-bond donors (Lipinski definition) is 1. The summed E-state index contributed by atoms with van der Waals surface area (Å²) in [5.74, 6) is -0.0137. The Kier molecular flexibility index (Phi) is 3.09. The normalized spacial score (nSPS) is 10.8. The minimum absolute atomic E-state index is 0.0137. The van der Waals surface area contributed by atoms with E-state index in [-0.39, 0.29) is 5.91 Å². The van der Waals surface area contributed by atoms with Gasteiger partial charge in [-0.05, 0) is 29.0 Å². The number of rotatable bonds is 3. The Labute approximate surface area is 115 Å². The minimum atomic E-state index is -0.0137. The Hall–Kier alpha value is -2.07. The van der Waals surface area contributed by atoms with Crippen LogP contribution in [0.15, 0.2) is 47.8 Å². The van der Waals surface area contributed by atoms with Crippen molar-refractivity contribution in [1.29, 1.82) is 0 Å². The topological polar surface area (TPSA) is 34.0 Å². The molecule has 19 heavy (non-hydrogen) atoms. The zero-order valence-corrected chi connectivity index (χ0v) is 11.4. The zero-order valence-electron chi connectivity index (χ0n) is 10.6. The van der Waals surface area contributed by atoms with Crippen LogP contribution in [-0.2, 0) is 13.6 Å². The van der Waals surface area contributed by atoms with E-state index in [1.54, 1.807) is 0 Å². The highest BCUT2D eigenvalue weighted by Gasteiger charge is 2.08. The maximum absolute atomic E-state index is 11.9. The highest BCUT2D eigenvalue weighted by molar-refractivity contribution is 7.12. The van der Waals surface area contributed by atoms with Gasteiger partial charge in [-0.25, -0.2) is 0 Å². The number of nitrogens with one attached hydrogen (secondary N) is 1. The predicted octanol–water partition coefficient (Wildman–Crippen LogP) is 3.17. The van der Waals surface area contributed by atoms with E-state index in [2.05, 4.69) is 28.1 Å². The molecule has 3 aromatic rings. The molecule has 0 aliphatic heterocycles. The third-order valence-corrected chi connectivity index (χ3v) is 4.09. The van der Waals surface area contributed by atoms with Crippen molar-refractivity contribution < 1.29 is 4.79 Å². The monoisotopic (exact) mass is 270 g/mol. The van der Waals surface area contributed by atoms with Gasteiger partial charge in [0.05, 0.1) is 11.4 Å². The third kappa shape index (κ3) is 2.27. The van der Waals surface area contributed by atoms with Crippen LogP contribution in [0.1, 0.15) is 15.4 Å². The van der Waals surface area contributed by atoms with Crippen LogP contribution < -0.4 is 5.32 Å². The summed E-state index contributed by atoms with van der Waals surface area (Å²) in [5, 5.41) is 6.06. The van der Waals surface area contributed by atoms with E-state index in [1.807, 2.05) is 36.7 Å². The Balaban J connectivity index is 1.79. The van der Waals surface area contributed by atoms with Crippen LogP contribution in [0.3, 0.4) is 0 Å². The first-order valence-corrected chi connectivity index (χ1v) is 6.99. The molecule has 2 aromatic heterocycles. The van der Waals surface area contributed by atoms with Crippen LogP contribution in [0.2, 0.25) is 0 Å². The first-order valence-electron chi connectivity index (χ1n) is 6.11. The Morgan fingerprint density at radius 2 is 2.11 bits per heavy atom. The second-order valence-corrected chi connectivity index (χ2v) is 5.36. The van der Waals surface area contributed by atoms with E-state index in [0.717, 1.165) is 10.6 Å². The summed E-state index contributed by atoms with van der Waals surface area (Å²) in [5.41, 5.74) is 2.29. The summed E-state index contributed by atoms with van der Waals surface area (Å²) in [6.45, 7) is 0.544. The smallest absolute Gasteiger partial charge is 0.261 e. The average molecular weight is 270 g/mol. The SMILES string of the molecule is Cn1c(CNC(=O)c2cccs2)cc2ccccc21. The highest BCUT2D eigenvalue weighted by atomic mass is 32.1. The van der Waals surface area contributed by atoms with Crippen LogP contribution in [0.4, 0.5) is 0 Å². The molecule has 1 N–H and O–H groups in total. The number of carbonyl (C=O) groups excluding carboxylic acids is 1.